The van der Waals surface area contributed by atoms with E-state index in [0.29, 0.717) is 0 Å². The Kier molecular flexibility index (Phi) is 2.61. The van der Waals surface area contributed by atoms with Gasteiger partial charge in [-0.2, -0.15) is 0 Å². The second kappa shape index (κ2) is 3.55. The minimum absolute atomic E-state index is 1.01. The van der Waals surface area contributed by atoms with Crippen LogP contribution in [0.3, 0.4) is 0 Å². The predicted molar refractivity (Wildman–Crippen MR) is 64.4 cm³/mol. The molecule has 0 aliphatic carbocycles. The van der Waals surface area contributed by atoms with Crippen LogP contribution in [0.25, 0.3) is 11.0 Å². The van der Waals surface area contributed by atoms with E-state index in [-0.39, 0.29) is 0 Å². The van der Waals surface area contributed by atoms with Gasteiger partial charge < -0.3 is 0 Å². The standard InChI is InChI=1S/C7H4BrIN2S/c8-5-3-7-6(10-4-5)1-2-11(7)12-9/h1-4H. The third kappa shape index (κ3) is 1.49. The molecule has 0 N–H and O–H groups in total. The Balaban J connectivity index is 2.75. The van der Waals surface area contributed by atoms with E-state index in [0.717, 1.165) is 15.5 Å². The minimum atomic E-state index is 1.01. The van der Waals surface area contributed by atoms with Gasteiger partial charge in [-0.15, -0.1) is 0 Å². The lowest BCUT2D eigenvalue weighted by molar-refractivity contribution is 1.34. The highest BCUT2D eigenvalue weighted by molar-refractivity contribution is 14.2. The molecule has 12 heavy (non-hydrogen) atoms. The minimum Gasteiger partial charge on any atom is -0.281 e. The molecule has 0 amide bonds. The number of nitrogens with zero attached hydrogens (tertiary/aromatic N) is 2. The normalized spacial score (nSPS) is 10.8. The average molecular weight is 355 g/mol. The molecule has 0 bridgehead atoms. The highest BCUT2D eigenvalue weighted by Crippen LogP contribution is 2.25. The van der Waals surface area contributed by atoms with Crippen LogP contribution in [0, 0.1) is 0 Å². The largest absolute Gasteiger partial charge is 0.281 e. The molecule has 0 aromatic carbocycles. The molecule has 0 fully saturated rings. The van der Waals surface area contributed by atoms with Gasteiger partial charge in [-0.3, -0.25) is 8.96 Å². The number of pyridine rings is 1. The van der Waals surface area contributed by atoms with E-state index in [1.165, 1.54) is 0 Å². The second-order valence-corrected chi connectivity index (χ2v) is 4.90. The summed E-state index contributed by atoms with van der Waals surface area (Å²) in [5.41, 5.74) is 2.17. The fraction of sp³-hybridized carbons (Fsp3) is 0. The Morgan fingerprint density at radius 2 is 2.42 bits per heavy atom. The number of hydrogen-bond donors (Lipinski definition) is 0. The maximum atomic E-state index is 4.26. The van der Waals surface area contributed by atoms with E-state index in [4.69, 9.17) is 0 Å². The van der Waals surface area contributed by atoms with E-state index in [9.17, 15) is 0 Å². The van der Waals surface area contributed by atoms with Crippen molar-refractivity contribution in [3.63, 3.8) is 0 Å². The summed E-state index contributed by atoms with van der Waals surface area (Å²) in [6.07, 6.45) is 3.83. The molecule has 0 aliphatic heterocycles. The zero-order valence-electron chi connectivity index (χ0n) is 5.87. The molecule has 0 saturated heterocycles. The highest BCUT2D eigenvalue weighted by atomic mass is 127. The summed E-state index contributed by atoms with van der Waals surface area (Å²) in [4.78, 5) is 4.26. The van der Waals surface area contributed by atoms with Crippen LogP contribution in [0.4, 0.5) is 0 Å². The van der Waals surface area contributed by atoms with Crippen LogP contribution in [0.1, 0.15) is 0 Å². The van der Waals surface area contributed by atoms with Crippen LogP contribution < -0.4 is 0 Å². The molecule has 62 valence electrons. The van der Waals surface area contributed by atoms with E-state index in [1.807, 2.05) is 18.5 Å². The smallest absolute Gasteiger partial charge is 0.0891 e. The number of fused-ring (bicyclic) bond motifs is 1. The van der Waals surface area contributed by atoms with Gasteiger partial charge in [-0.05, 0) is 28.1 Å². The molecule has 0 spiro atoms. The third-order valence-corrected chi connectivity index (χ3v) is 3.72. The monoisotopic (exact) mass is 354 g/mol. The molecule has 2 aromatic heterocycles. The van der Waals surface area contributed by atoms with Crippen molar-refractivity contribution < 1.29 is 0 Å². The lowest BCUT2D eigenvalue weighted by Gasteiger charge is -1.96. The van der Waals surface area contributed by atoms with Gasteiger partial charge in [-0.25, -0.2) is 0 Å². The van der Waals surface area contributed by atoms with Gasteiger partial charge >= 0.3 is 0 Å². The van der Waals surface area contributed by atoms with Gasteiger partial charge in [-0.1, -0.05) is 0 Å². The maximum absolute atomic E-state index is 4.26. The summed E-state index contributed by atoms with van der Waals surface area (Å²) in [6.45, 7) is 0. The summed E-state index contributed by atoms with van der Waals surface area (Å²) in [7, 11) is 1.64. The second-order valence-electron chi connectivity index (χ2n) is 2.27. The lowest BCUT2D eigenvalue weighted by atomic mass is 10.4. The molecular formula is C7H4BrIN2S. The lowest BCUT2D eigenvalue weighted by Crippen LogP contribution is -1.80. The van der Waals surface area contributed by atoms with Crippen molar-refractivity contribution in [2.75, 3.05) is 0 Å². The molecule has 2 aromatic rings. The quantitative estimate of drug-likeness (QED) is 0.727. The van der Waals surface area contributed by atoms with Crippen molar-refractivity contribution in [3.8, 4) is 0 Å². The Morgan fingerprint density at radius 3 is 3.17 bits per heavy atom. The molecule has 0 unspecified atom stereocenters. The average Bonchev–Trinajstić information content (AvgIpc) is 2.46. The first-order valence-electron chi connectivity index (χ1n) is 3.23. The SMILES string of the molecule is Brc1cnc2ccn(SI)c2c1. The van der Waals surface area contributed by atoms with E-state index >= 15 is 0 Å². The van der Waals surface area contributed by atoms with Crippen molar-refractivity contribution in [3.05, 3.63) is 29.0 Å². The summed E-state index contributed by atoms with van der Waals surface area (Å²) < 4.78 is 3.09. The topological polar surface area (TPSA) is 17.8 Å². The molecule has 2 heterocycles. The predicted octanol–water partition coefficient (Wildman–Crippen LogP) is 3.65. The zero-order chi connectivity index (χ0) is 8.55. The van der Waals surface area contributed by atoms with E-state index in [2.05, 4.69) is 52.2 Å². The first kappa shape index (κ1) is 8.83. The van der Waals surface area contributed by atoms with Crippen molar-refractivity contribution in [1.82, 2.24) is 8.96 Å². The maximum Gasteiger partial charge on any atom is 0.0891 e. The Labute approximate surface area is 94.6 Å². The number of hydrogen-bond acceptors (Lipinski definition) is 2. The molecule has 5 heteroatoms. The van der Waals surface area contributed by atoms with Gasteiger partial charge in [0.1, 0.15) is 0 Å². The van der Waals surface area contributed by atoms with Crippen LogP contribution in [0.5, 0.6) is 0 Å². The van der Waals surface area contributed by atoms with E-state index < -0.39 is 0 Å². The first-order valence-corrected chi connectivity index (χ1v) is 7.34. The molecule has 0 atom stereocenters. The van der Waals surface area contributed by atoms with Crippen LogP contribution in [-0.4, -0.2) is 8.96 Å². The van der Waals surface area contributed by atoms with Crippen molar-refractivity contribution in [1.29, 1.82) is 0 Å². The van der Waals surface area contributed by atoms with E-state index in [1.54, 1.807) is 9.12 Å². The van der Waals surface area contributed by atoms with Gasteiger partial charge in [0.25, 0.3) is 0 Å². The fourth-order valence-corrected chi connectivity index (χ4v) is 2.70. The van der Waals surface area contributed by atoms with Gasteiger partial charge in [0, 0.05) is 47.2 Å². The Hall–Kier alpha value is 0.250. The Morgan fingerprint density at radius 1 is 1.58 bits per heavy atom. The molecular weight excluding hydrogens is 351 g/mol. The van der Waals surface area contributed by atoms with Gasteiger partial charge in [0.05, 0.1) is 11.0 Å². The number of rotatable bonds is 1. The molecule has 0 aliphatic rings. The van der Waals surface area contributed by atoms with Crippen molar-refractivity contribution >= 4 is 57.3 Å². The van der Waals surface area contributed by atoms with Crippen LogP contribution >= 0.6 is 46.3 Å². The molecule has 0 saturated carbocycles. The summed E-state index contributed by atoms with van der Waals surface area (Å²) in [5, 5.41) is 0. The van der Waals surface area contributed by atoms with Crippen LogP contribution in [0.2, 0.25) is 0 Å². The third-order valence-electron chi connectivity index (χ3n) is 1.54. The van der Waals surface area contributed by atoms with Gasteiger partial charge in [0.2, 0.25) is 0 Å². The fourth-order valence-electron chi connectivity index (χ4n) is 1.02. The Bertz CT molecular complexity index is 415. The molecule has 2 rings (SSSR count). The summed E-state index contributed by atoms with van der Waals surface area (Å²) >= 11 is 5.64. The summed E-state index contributed by atoms with van der Waals surface area (Å²) in [6, 6.07) is 4.07. The number of aromatic nitrogens is 2. The van der Waals surface area contributed by atoms with Gasteiger partial charge in [0.15, 0.2) is 0 Å². The van der Waals surface area contributed by atoms with Crippen LogP contribution in [0.15, 0.2) is 29.0 Å². The van der Waals surface area contributed by atoms with Crippen LogP contribution in [-0.2, 0) is 0 Å². The summed E-state index contributed by atoms with van der Waals surface area (Å²) in [5.74, 6) is 0. The molecule has 0 radical (unpaired) electrons. The van der Waals surface area contributed by atoms with Crippen molar-refractivity contribution in [2.24, 2.45) is 0 Å². The van der Waals surface area contributed by atoms with Crippen molar-refractivity contribution in [2.45, 2.75) is 0 Å². The first-order chi connectivity index (χ1) is 5.81. The zero-order valence-corrected chi connectivity index (χ0v) is 10.4. The highest BCUT2D eigenvalue weighted by Gasteiger charge is 2.01. The number of halogens is 2. The molecule has 2 nitrogen and oxygen atoms in total.